The molecule has 0 amide bonds. The number of ether oxygens (including phenoxy) is 3. The monoisotopic (exact) mass is 282 g/mol. The van der Waals surface area contributed by atoms with Crippen molar-refractivity contribution >= 4 is 5.97 Å². The second kappa shape index (κ2) is 8.30. The Morgan fingerprint density at radius 3 is 2.55 bits per heavy atom. The number of phenolic OH excluding ortho intramolecular Hbond substituents is 1. The summed E-state index contributed by atoms with van der Waals surface area (Å²) in [6.07, 6.45) is 4.32. The van der Waals surface area contributed by atoms with Crippen molar-refractivity contribution in [2.45, 2.75) is 32.6 Å². The molecular weight excluding hydrogens is 260 g/mol. The predicted molar refractivity (Wildman–Crippen MR) is 75.6 cm³/mol. The van der Waals surface area contributed by atoms with Gasteiger partial charge in [0.15, 0.2) is 11.5 Å². The molecule has 20 heavy (non-hydrogen) atoms. The Kier molecular flexibility index (Phi) is 6.70. The van der Waals surface area contributed by atoms with Crippen molar-refractivity contribution in [1.29, 1.82) is 0 Å². The van der Waals surface area contributed by atoms with Gasteiger partial charge in [0, 0.05) is 0 Å². The molecular formula is C15H22O5. The van der Waals surface area contributed by atoms with Crippen LogP contribution in [0.5, 0.6) is 17.2 Å². The number of carbonyl (C=O) groups excluding carboxylic acids is 1. The van der Waals surface area contributed by atoms with Gasteiger partial charge in [0.25, 0.3) is 0 Å². The van der Waals surface area contributed by atoms with Crippen molar-refractivity contribution in [3.63, 3.8) is 0 Å². The van der Waals surface area contributed by atoms with E-state index in [9.17, 15) is 9.90 Å². The number of hydrogen-bond acceptors (Lipinski definition) is 5. The van der Waals surface area contributed by atoms with Gasteiger partial charge < -0.3 is 19.3 Å². The van der Waals surface area contributed by atoms with E-state index in [1.165, 1.54) is 26.4 Å². The standard InChI is InChI=1S/C15H22O5/c1-4-5-6-7-8-20-13-10-11(15(17)19-3)9-12(16)14(13)18-2/h9-10,16H,4-8H2,1-3H3. The Morgan fingerprint density at radius 2 is 1.95 bits per heavy atom. The number of esters is 1. The molecule has 0 unspecified atom stereocenters. The highest BCUT2D eigenvalue weighted by Crippen LogP contribution is 2.37. The molecule has 0 aromatic heterocycles. The third-order valence-corrected chi connectivity index (χ3v) is 2.92. The molecule has 5 heteroatoms. The van der Waals surface area contributed by atoms with Gasteiger partial charge in [0.05, 0.1) is 26.4 Å². The molecule has 1 N–H and O–H groups in total. The molecule has 1 rings (SSSR count). The summed E-state index contributed by atoms with van der Waals surface area (Å²) < 4.78 is 15.3. The SMILES string of the molecule is CCCCCCOc1cc(C(=O)OC)cc(O)c1OC. The Labute approximate surface area is 119 Å². The van der Waals surface area contributed by atoms with Gasteiger partial charge in [-0.1, -0.05) is 26.2 Å². The van der Waals surface area contributed by atoms with Crippen LogP contribution in [0.15, 0.2) is 12.1 Å². The van der Waals surface area contributed by atoms with Crippen LogP contribution in [0.25, 0.3) is 0 Å². The lowest BCUT2D eigenvalue weighted by molar-refractivity contribution is 0.0599. The molecule has 5 nitrogen and oxygen atoms in total. The predicted octanol–water partition coefficient (Wildman–Crippen LogP) is 3.15. The minimum Gasteiger partial charge on any atom is -0.504 e. The second-order valence-corrected chi connectivity index (χ2v) is 4.43. The molecule has 0 atom stereocenters. The fourth-order valence-electron chi connectivity index (χ4n) is 1.85. The molecule has 0 aliphatic carbocycles. The zero-order chi connectivity index (χ0) is 15.0. The molecule has 0 aliphatic rings. The fourth-order valence-corrected chi connectivity index (χ4v) is 1.85. The summed E-state index contributed by atoms with van der Waals surface area (Å²) in [4.78, 5) is 11.5. The Bertz CT molecular complexity index is 442. The summed E-state index contributed by atoms with van der Waals surface area (Å²) in [5.41, 5.74) is 0.231. The second-order valence-electron chi connectivity index (χ2n) is 4.43. The van der Waals surface area contributed by atoms with Crippen LogP contribution in [0.4, 0.5) is 0 Å². The molecule has 0 bridgehead atoms. The van der Waals surface area contributed by atoms with Gasteiger partial charge in [-0.3, -0.25) is 0 Å². The molecule has 0 saturated heterocycles. The van der Waals surface area contributed by atoms with Gasteiger partial charge in [0.2, 0.25) is 5.75 Å². The van der Waals surface area contributed by atoms with Crippen molar-refractivity contribution in [2.24, 2.45) is 0 Å². The molecule has 0 saturated carbocycles. The van der Waals surface area contributed by atoms with E-state index in [4.69, 9.17) is 9.47 Å². The molecule has 0 aliphatic heterocycles. The lowest BCUT2D eigenvalue weighted by Crippen LogP contribution is -2.04. The maximum absolute atomic E-state index is 11.5. The zero-order valence-electron chi connectivity index (χ0n) is 12.3. The normalized spacial score (nSPS) is 10.2. The van der Waals surface area contributed by atoms with Crippen molar-refractivity contribution < 1.29 is 24.1 Å². The average Bonchev–Trinajstić information content (AvgIpc) is 2.45. The van der Waals surface area contributed by atoms with E-state index in [0.29, 0.717) is 12.4 Å². The third-order valence-electron chi connectivity index (χ3n) is 2.92. The van der Waals surface area contributed by atoms with E-state index in [1.54, 1.807) is 0 Å². The van der Waals surface area contributed by atoms with Crippen LogP contribution in [0, 0.1) is 0 Å². The molecule has 1 aromatic carbocycles. The number of phenols is 1. The van der Waals surface area contributed by atoms with Crippen molar-refractivity contribution in [3.8, 4) is 17.2 Å². The number of hydrogen-bond donors (Lipinski definition) is 1. The topological polar surface area (TPSA) is 65.0 Å². The molecule has 0 radical (unpaired) electrons. The average molecular weight is 282 g/mol. The summed E-state index contributed by atoms with van der Waals surface area (Å²) in [6, 6.07) is 2.82. The van der Waals surface area contributed by atoms with Gasteiger partial charge in [-0.2, -0.15) is 0 Å². The Balaban J connectivity index is 2.80. The van der Waals surface area contributed by atoms with Gasteiger partial charge >= 0.3 is 5.97 Å². The van der Waals surface area contributed by atoms with Crippen molar-refractivity contribution in [2.75, 3.05) is 20.8 Å². The Hall–Kier alpha value is -1.91. The molecule has 112 valence electrons. The van der Waals surface area contributed by atoms with E-state index in [1.807, 2.05) is 0 Å². The van der Waals surface area contributed by atoms with Gasteiger partial charge in [-0.15, -0.1) is 0 Å². The van der Waals surface area contributed by atoms with Gasteiger partial charge in [0.1, 0.15) is 0 Å². The molecule has 0 spiro atoms. The summed E-state index contributed by atoms with van der Waals surface area (Å²) in [7, 11) is 2.73. The Morgan fingerprint density at radius 1 is 1.20 bits per heavy atom. The largest absolute Gasteiger partial charge is 0.504 e. The highest BCUT2D eigenvalue weighted by molar-refractivity contribution is 5.91. The number of carbonyl (C=O) groups is 1. The molecule has 0 fully saturated rings. The van der Waals surface area contributed by atoms with Crippen LogP contribution in [0.2, 0.25) is 0 Å². The maximum Gasteiger partial charge on any atom is 0.338 e. The van der Waals surface area contributed by atoms with E-state index in [-0.39, 0.29) is 17.1 Å². The van der Waals surface area contributed by atoms with Gasteiger partial charge in [-0.25, -0.2) is 4.79 Å². The highest BCUT2D eigenvalue weighted by Gasteiger charge is 2.16. The first kappa shape index (κ1) is 16.1. The van der Waals surface area contributed by atoms with E-state index in [0.717, 1.165) is 25.7 Å². The first-order valence-corrected chi connectivity index (χ1v) is 6.76. The van der Waals surface area contributed by atoms with E-state index < -0.39 is 5.97 Å². The fraction of sp³-hybridized carbons (Fsp3) is 0.533. The first-order valence-electron chi connectivity index (χ1n) is 6.76. The minimum atomic E-state index is -0.529. The van der Waals surface area contributed by atoms with E-state index in [2.05, 4.69) is 11.7 Å². The number of benzene rings is 1. The van der Waals surface area contributed by atoms with Crippen LogP contribution in [-0.4, -0.2) is 31.9 Å². The van der Waals surface area contributed by atoms with Gasteiger partial charge in [-0.05, 0) is 18.6 Å². The highest BCUT2D eigenvalue weighted by atomic mass is 16.5. The molecule has 0 heterocycles. The number of rotatable bonds is 8. The number of unbranched alkanes of at least 4 members (excludes halogenated alkanes) is 3. The van der Waals surface area contributed by atoms with Crippen LogP contribution in [0.1, 0.15) is 43.0 Å². The summed E-state index contributed by atoms with van der Waals surface area (Å²) >= 11 is 0. The summed E-state index contributed by atoms with van der Waals surface area (Å²) in [5.74, 6) is -0.0877. The first-order chi connectivity index (χ1) is 9.63. The number of aromatic hydroxyl groups is 1. The van der Waals surface area contributed by atoms with Crippen LogP contribution >= 0.6 is 0 Å². The van der Waals surface area contributed by atoms with Crippen LogP contribution < -0.4 is 9.47 Å². The number of methoxy groups -OCH3 is 2. The van der Waals surface area contributed by atoms with Crippen LogP contribution in [-0.2, 0) is 4.74 Å². The molecule has 1 aromatic rings. The quantitative estimate of drug-likeness (QED) is 0.586. The third kappa shape index (κ3) is 4.33. The lowest BCUT2D eigenvalue weighted by Gasteiger charge is -2.13. The van der Waals surface area contributed by atoms with E-state index >= 15 is 0 Å². The summed E-state index contributed by atoms with van der Waals surface area (Å²) in [5, 5.41) is 9.84. The maximum atomic E-state index is 11.5. The van der Waals surface area contributed by atoms with Crippen LogP contribution in [0.3, 0.4) is 0 Å². The van der Waals surface area contributed by atoms with Crippen molar-refractivity contribution in [1.82, 2.24) is 0 Å². The minimum absolute atomic E-state index is 0.140. The zero-order valence-corrected chi connectivity index (χ0v) is 12.3. The smallest absolute Gasteiger partial charge is 0.338 e. The summed E-state index contributed by atoms with van der Waals surface area (Å²) in [6.45, 7) is 2.65. The van der Waals surface area contributed by atoms with Crippen molar-refractivity contribution in [3.05, 3.63) is 17.7 Å². The lowest BCUT2D eigenvalue weighted by atomic mass is 10.2.